The highest BCUT2D eigenvalue weighted by molar-refractivity contribution is 5.84. The Morgan fingerprint density at radius 1 is 1.18 bits per heavy atom. The van der Waals surface area contributed by atoms with E-state index in [1.807, 2.05) is 6.92 Å². The van der Waals surface area contributed by atoms with Crippen LogP contribution in [-0.2, 0) is 11.2 Å². The second-order valence-corrected chi connectivity index (χ2v) is 6.44. The molecule has 3 aromatic rings. The van der Waals surface area contributed by atoms with Gasteiger partial charge in [-0.3, -0.25) is 4.79 Å². The van der Waals surface area contributed by atoms with Gasteiger partial charge in [-0.25, -0.2) is 4.79 Å². The van der Waals surface area contributed by atoms with Crippen LogP contribution < -0.4 is 19.6 Å². The topological polar surface area (TPSA) is 95.2 Å². The molecule has 0 unspecified atom stereocenters. The molecule has 0 fully saturated rings. The average molecular weight is 382 g/mol. The molecule has 0 saturated heterocycles. The molecule has 0 bridgehead atoms. The Labute approximate surface area is 160 Å². The smallest absolute Gasteiger partial charge is 0.341 e. The van der Waals surface area contributed by atoms with E-state index in [1.165, 1.54) is 6.26 Å². The molecular weight excluding hydrogens is 364 g/mol. The molecule has 0 aliphatic carbocycles. The van der Waals surface area contributed by atoms with Crippen molar-refractivity contribution < 1.29 is 28.5 Å². The lowest BCUT2D eigenvalue weighted by Crippen LogP contribution is -2.11. The molecule has 7 nitrogen and oxygen atoms in total. The summed E-state index contributed by atoms with van der Waals surface area (Å²) in [4.78, 5) is 23.9. The number of ether oxygens (including phenoxy) is 3. The van der Waals surface area contributed by atoms with Crippen molar-refractivity contribution in [1.29, 1.82) is 0 Å². The number of rotatable bonds is 6. The highest BCUT2D eigenvalue weighted by atomic mass is 16.7. The number of carboxylic acid groups (broad SMARTS) is 1. The minimum absolute atomic E-state index is 0.157. The predicted octanol–water partition coefficient (Wildman–Crippen LogP) is 3.60. The molecule has 0 amide bonds. The lowest BCUT2D eigenvalue weighted by Gasteiger charge is -2.11. The highest BCUT2D eigenvalue weighted by Gasteiger charge is 2.18. The van der Waals surface area contributed by atoms with E-state index in [0.717, 1.165) is 12.0 Å². The van der Waals surface area contributed by atoms with Crippen molar-refractivity contribution in [2.75, 3.05) is 13.4 Å². The van der Waals surface area contributed by atoms with Crippen molar-refractivity contribution in [2.45, 2.75) is 19.8 Å². The number of fused-ring (bicyclic) bond motifs is 2. The summed E-state index contributed by atoms with van der Waals surface area (Å²) in [6.45, 7) is 1.70. The molecule has 1 N–H and O–H groups in total. The Kier molecular flexibility index (Phi) is 4.65. The first-order valence-electron chi connectivity index (χ1n) is 8.90. The largest absolute Gasteiger partial charge is 0.481 e. The third-order valence-corrected chi connectivity index (χ3v) is 4.51. The Hall–Kier alpha value is -3.48. The van der Waals surface area contributed by atoms with Crippen LogP contribution in [0.25, 0.3) is 22.1 Å². The summed E-state index contributed by atoms with van der Waals surface area (Å²) in [5, 5.41) is 9.28. The molecule has 0 atom stereocenters. The quantitative estimate of drug-likeness (QED) is 0.696. The second kappa shape index (κ2) is 7.26. The van der Waals surface area contributed by atoms with Crippen LogP contribution in [0.2, 0.25) is 0 Å². The van der Waals surface area contributed by atoms with E-state index in [9.17, 15) is 9.59 Å². The van der Waals surface area contributed by atoms with Gasteiger partial charge < -0.3 is 23.7 Å². The monoisotopic (exact) mass is 382 g/mol. The number of carbonyl (C=O) groups is 1. The van der Waals surface area contributed by atoms with Gasteiger partial charge in [0.15, 0.2) is 18.1 Å². The van der Waals surface area contributed by atoms with E-state index in [2.05, 4.69) is 0 Å². The van der Waals surface area contributed by atoms with Crippen LogP contribution in [-0.4, -0.2) is 24.5 Å². The normalized spacial score (nSPS) is 12.3. The van der Waals surface area contributed by atoms with E-state index in [4.69, 9.17) is 23.7 Å². The molecule has 1 aliphatic heterocycles. The maximum absolute atomic E-state index is 13.1. The standard InChI is InChI=1S/C21H18O7/c1-2-3-13-6-14-18(8-17(13)26-10-20(22)23)25-9-15(21(14)24)12-4-5-16-19(7-12)28-11-27-16/h4-9H,2-3,10-11H2,1H3,(H,22,23). The third kappa shape index (κ3) is 3.26. The van der Waals surface area contributed by atoms with Gasteiger partial charge in [-0.2, -0.15) is 0 Å². The number of aryl methyl sites for hydroxylation is 1. The zero-order valence-corrected chi connectivity index (χ0v) is 15.2. The maximum atomic E-state index is 13.1. The van der Waals surface area contributed by atoms with Crippen LogP contribution in [0.1, 0.15) is 18.9 Å². The zero-order chi connectivity index (χ0) is 19.7. The first kappa shape index (κ1) is 17.9. The number of benzene rings is 2. The zero-order valence-electron chi connectivity index (χ0n) is 15.2. The van der Waals surface area contributed by atoms with Crippen LogP contribution in [0.15, 0.2) is 45.8 Å². The van der Waals surface area contributed by atoms with Gasteiger partial charge in [-0.1, -0.05) is 19.4 Å². The molecule has 2 heterocycles. The Morgan fingerprint density at radius 3 is 2.79 bits per heavy atom. The van der Waals surface area contributed by atoms with Gasteiger partial charge in [0, 0.05) is 6.07 Å². The van der Waals surface area contributed by atoms with Gasteiger partial charge in [-0.05, 0) is 35.7 Å². The summed E-state index contributed by atoms with van der Waals surface area (Å²) in [5.41, 5.74) is 2.01. The summed E-state index contributed by atoms with van der Waals surface area (Å²) in [7, 11) is 0. The number of carboxylic acids is 1. The van der Waals surface area contributed by atoms with Crippen molar-refractivity contribution in [3.8, 4) is 28.4 Å². The Bertz CT molecular complexity index is 1110. The summed E-state index contributed by atoms with van der Waals surface area (Å²) in [6.07, 6.45) is 2.86. The average Bonchev–Trinajstić information content (AvgIpc) is 3.15. The lowest BCUT2D eigenvalue weighted by atomic mass is 10.0. The van der Waals surface area contributed by atoms with Gasteiger partial charge in [0.05, 0.1) is 10.9 Å². The summed E-state index contributed by atoms with van der Waals surface area (Å²) in [5.74, 6) is 0.568. The molecule has 4 rings (SSSR count). The third-order valence-electron chi connectivity index (χ3n) is 4.51. The fraction of sp³-hybridized carbons (Fsp3) is 0.238. The van der Waals surface area contributed by atoms with Crippen LogP contribution in [0.4, 0.5) is 0 Å². The second-order valence-electron chi connectivity index (χ2n) is 6.44. The van der Waals surface area contributed by atoms with E-state index >= 15 is 0 Å². The van der Waals surface area contributed by atoms with Crippen molar-refractivity contribution in [3.63, 3.8) is 0 Å². The fourth-order valence-corrected chi connectivity index (χ4v) is 3.20. The van der Waals surface area contributed by atoms with Gasteiger partial charge in [0.25, 0.3) is 0 Å². The van der Waals surface area contributed by atoms with Crippen LogP contribution in [0.5, 0.6) is 17.2 Å². The number of aliphatic carboxylic acids is 1. The number of hydrogen-bond acceptors (Lipinski definition) is 6. The van der Waals surface area contributed by atoms with Crippen LogP contribution >= 0.6 is 0 Å². The van der Waals surface area contributed by atoms with E-state index in [0.29, 0.717) is 45.8 Å². The summed E-state index contributed by atoms with van der Waals surface area (Å²) < 4.78 is 21.7. The Balaban J connectivity index is 1.81. The summed E-state index contributed by atoms with van der Waals surface area (Å²) in [6, 6.07) is 8.58. The Morgan fingerprint density at radius 2 is 2.00 bits per heavy atom. The minimum Gasteiger partial charge on any atom is -0.481 e. The van der Waals surface area contributed by atoms with Crippen molar-refractivity contribution in [3.05, 3.63) is 52.4 Å². The molecule has 28 heavy (non-hydrogen) atoms. The van der Waals surface area contributed by atoms with E-state index in [-0.39, 0.29) is 12.2 Å². The van der Waals surface area contributed by atoms with E-state index < -0.39 is 12.6 Å². The maximum Gasteiger partial charge on any atom is 0.341 e. The summed E-state index contributed by atoms with van der Waals surface area (Å²) >= 11 is 0. The highest BCUT2D eigenvalue weighted by Crippen LogP contribution is 2.36. The first-order chi connectivity index (χ1) is 13.6. The molecule has 144 valence electrons. The first-order valence-corrected chi connectivity index (χ1v) is 8.90. The van der Waals surface area contributed by atoms with Crippen LogP contribution in [0, 0.1) is 0 Å². The van der Waals surface area contributed by atoms with Gasteiger partial charge >= 0.3 is 5.97 Å². The van der Waals surface area contributed by atoms with Gasteiger partial charge in [0.2, 0.25) is 12.2 Å². The van der Waals surface area contributed by atoms with E-state index in [1.54, 1.807) is 30.3 Å². The molecule has 0 radical (unpaired) electrons. The molecule has 2 aromatic carbocycles. The fourth-order valence-electron chi connectivity index (χ4n) is 3.20. The van der Waals surface area contributed by atoms with Crippen molar-refractivity contribution in [1.82, 2.24) is 0 Å². The number of hydrogen-bond donors (Lipinski definition) is 1. The van der Waals surface area contributed by atoms with Gasteiger partial charge in [-0.15, -0.1) is 0 Å². The molecule has 7 heteroatoms. The minimum atomic E-state index is -1.07. The molecule has 0 spiro atoms. The van der Waals surface area contributed by atoms with Crippen molar-refractivity contribution >= 4 is 16.9 Å². The SMILES string of the molecule is CCCc1cc2c(=O)c(-c3ccc4c(c3)OCO4)coc2cc1OCC(=O)O. The molecular formula is C21H18O7. The molecule has 0 saturated carbocycles. The van der Waals surface area contributed by atoms with Crippen LogP contribution in [0.3, 0.4) is 0 Å². The molecule has 1 aromatic heterocycles. The lowest BCUT2D eigenvalue weighted by molar-refractivity contribution is -0.139. The predicted molar refractivity (Wildman–Crippen MR) is 101 cm³/mol. The van der Waals surface area contributed by atoms with Gasteiger partial charge in [0.1, 0.15) is 17.6 Å². The molecule has 1 aliphatic rings. The van der Waals surface area contributed by atoms with Crippen molar-refractivity contribution in [2.24, 2.45) is 0 Å².